The van der Waals surface area contributed by atoms with Gasteiger partial charge >= 0.3 is 0 Å². The maximum atomic E-state index is 12.2. The molecule has 6 heteroatoms. The highest BCUT2D eigenvalue weighted by Gasteiger charge is 2.32. The van der Waals surface area contributed by atoms with Crippen LogP contribution in [-0.4, -0.2) is 36.2 Å². The van der Waals surface area contributed by atoms with E-state index in [9.17, 15) is 14.4 Å². The zero-order valence-electron chi connectivity index (χ0n) is 12.2. The number of likely N-dealkylation sites (N-methyl/N-ethyl adjacent to an activating group) is 1. The summed E-state index contributed by atoms with van der Waals surface area (Å²) in [6, 6.07) is 6.82. The van der Waals surface area contributed by atoms with Gasteiger partial charge in [-0.25, -0.2) is 0 Å². The van der Waals surface area contributed by atoms with Crippen molar-refractivity contribution in [1.29, 1.82) is 0 Å². The van der Waals surface area contributed by atoms with Gasteiger partial charge in [0.15, 0.2) is 0 Å². The number of nitrogens with zero attached hydrogens (tertiary/aromatic N) is 2. The molecule has 3 amide bonds. The van der Waals surface area contributed by atoms with Crippen molar-refractivity contribution in [3.63, 3.8) is 0 Å². The lowest BCUT2D eigenvalue weighted by Crippen LogP contribution is -2.48. The zero-order chi connectivity index (χ0) is 15.6. The summed E-state index contributed by atoms with van der Waals surface area (Å²) < 4.78 is 0. The summed E-state index contributed by atoms with van der Waals surface area (Å²) in [5.74, 6) is -0.821. The highest BCUT2D eigenvalue weighted by atomic mass is 16.2. The Morgan fingerprint density at radius 3 is 2.29 bits per heavy atom. The number of likely N-dealkylation sites (tertiary alicyclic amines) is 1. The molecular weight excluding hydrogens is 270 g/mol. The number of hydrogen-bond acceptors (Lipinski definition) is 4. The number of imide groups is 1. The molecule has 0 saturated carbocycles. The quantitative estimate of drug-likeness (QED) is 0.665. The van der Waals surface area contributed by atoms with E-state index in [1.54, 1.807) is 31.3 Å². The van der Waals surface area contributed by atoms with E-state index in [1.807, 2.05) is 6.92 Å². The van der Waals surface area contributed by atoms with E-state index in [-0.39, 0.29) is 30.2 Å². The topological polar surface area (TPSA) is 83.7 Å². The molecule has 2 rings (SSSR count). The van der Waals surface area contributed by atoms with Gasteiger partial charge in [-0.3, -0.25) is 19.3 Å². The predicted octanol–water partition coefficient (Wildman–Crippen LogP) is 1.02. The van der Waals surface area contributed by atoms with Crippen LogP contribution >= 0.6 is 0 Å². The zero-order valence-corrected chi connectivity index (χ0v) is 12.2. The highest BCUT2D eigenvalue weighted by molar-refractivity contribution is 6.04. The highest BCUT2D eigenvalue weighted by Crippen LogP contribution is 2.20. The minimum atomic E-state index is -0.309. The summed E-state index contributed by atoms with van der Waals surface area (Å²) in [6.45, 7) is 1.64. The van der Waals surface area contributed by atoms with Crippen molar-refractivity contribution >= 4 is 29.1 Å². The summed E-state index contributed by atoms with van der Waals surface area (Å²) in [7, 11) is 1.61. The molecule has 1 fully saturated rings. The minimum Gasteiger partial charge on any atom is -0.399 e. The Hall–Kier alpha value is -2.37. The number of nitrogens with two attached hydrogens (primary N) is 1. The fourth-order valence-corrected chi connectivity index (χ4v) is 2.29. The Kier molecular flexibility index (Phi) is 4.26. The molecule has 0 spiro atoms. The molecule has 0 atom stereocenters. The number of anilines is 2. The van der Waals surface area contributed by atoms with Crippen LogP contribution in [-0.2, 0) is 14.4 Å². The molecule has 1 aromatic rings. The minimum absolute atomic E-state index is 0.0474. The Labute approximate surface area is 123 Å². The van der Waals surface area contributed by atoms with Gasteiger partial charge in [-0.1, -0.05) is 6.92 Å². The van der Waals surface area contributed by atoms with Crippen LogP contribution < -0.4 is 10.6 Å². The van der Waals surface area contributed by atoms with Gasteiger partial charge in [0, 0.05) is 31.3 Å². The van der Waals surface area contributed by atoms with E-state index in [1.165, 1.54) is 4.90 Å². The first-order valence-corrected chi connectivity index (χ1v) is 6.83. The first-order valence-electron chi connectivity index (χ1n) is 6.83. The molecule has 1 aliphatic rings. The number of benzene rings is 1. The lowest BCUT2D eigenvalue weighted by atomic mass is 9.98. The van der Waals surface area contributed by atoms with Crippen molar-refractivity contribution in [2.45, 2.75) is 19.8 Å². The standard InChI is InChI=1S/C15H19N3O3/c1-10-7-13(19)18(14(20)8-10)9-15(21)17(2)12-5-3-11(16)4-6-12/h3-6,10H,7-9,16H2,1-2H3. The van der Waals surface area contributed by atoms with E-state index < -0.39 is 0 Å². The molecule has 0 bridgehead atoms. The lowest BCUT2D eigenvalue weighted by Gasteiger charge is -2.29. The van der Waals surface area contributed by atoms with Crippen molar-refractivity contribution in [3.05, 3.63) is 24.3 Å². The Morgan fingerprint density at radius 2 is 1.76 bits per heavy atom. The summed E-state index contributed by atoms with van der Waals surface area (Å²) in [5, 5.41) is 0. The van der Waals surface area contributed by atoms with E-state index >= 15 is 0 Å². The number of nitrogen functional groups attached to an aromatic ring is 1. The summed E-state index contributed by atoms with van der Waals surface area (Å²) in [6.07, 6.45) is 0.620. The van der Waals surface area contributed by atoms with Crippen molar-refractivity contribution in [3.8, 4) is 0 Å². The predicted molar refractivity (Wildman–Crippen MR) is 79.4 cm³/mol. The molecule has 0 aromatic heterocycles. The van der Waals surface area contributed by atoms with E-state index in [0.717, 1.165) is 4.90 Å². The fraction of sp³-hybridized carbons (Fsp3) is 0.400. The van der Waals surface area contributed by atoms with Gasteiger partial charge in [-0.05, 0) is 30.2 Å². The lowest BCUT2D eigenvalue weighted by molar-refractivity contribution is -0.151. The second kappa shape index (κ2) is 5.95. The second-order valence-electron chi connectivity index (χ2n) is 5.43. The Morgan fingerprint density at radius 1 is 1.24 bits per heavy atom. The molecule has 0 radical (unpaired) electrons. The van der Waals surface area contributed by atoms with Gasteiger partial charge < -0.3 is 10.6 Å². The van der Waals surface area contributed by atoms with Crippen molar-refractivity contribution in [2.24, 2.45) is 5.92 Å². The fourth-order valence-electron chi connectivity index (χ4n) is 2.29. The summed E-state index contributed by atoms with van der Waals surface area (Å²) >= 11 is 0. The van der Waals surface area contributed by atoms with Gasteiger partial charge in [0.2, 0.25) is 17.7 Å². The largest absolute Gasteiger partial charge is 0.399 e. The summed E-state index contributed by atoms with van der Waals surface area (Å²) in [5.41, 5.74) is 6.87. The van der Waals surface area contributed by atoms with Crippen LogP contribution in [0.4, 0.5) is 11.4 Å². The maximum absolute atomic E-state index is 12.2. The molecular formula is C15H19N3O3. The van der Waals surface area contributed by atoms with E-state index in [4.69, 9.17) is 5.73 Å². The molecule has 1 heterocycles. The van der Waals surface area contributed by atoms with Gasteiger partial charge in [0.1, 0.15) is 6.54 Å². The second-order valence-corrected chi connectivity index (χ2v) is 5.43. The van der Waals surface area contributed by atoms with E-state index in [2.05, 4.69) is 0 Å². The third-order valence-corrected chi connectivity index (χ3v) is 3.60. The molecule has 6 nitrogen and oxygen atoms in total. The first kappa shape index (κ1) is 15.0. The molecule has 0 unspecified atom stereocenters. The third kappa shape index (κ3) is 3.39. The van der Waals surface area contributed by atoms with Gasteiger partial charge in [0.25, 0.3) is 0 Å². The SMILES string of the molecule is CC1CC(=O)N(CC(=O)N(C)c2ccc(N)cc2)C(=O)C1. The van der Waals surface area contributed by atoms with Crippen LogP contribution in [0.1, 0.15) is 19.8 Å². The normalized spacial score (nSPS) is 16.2. The molecule has 21 heavy (non-hydrogen) atoms. The van der Waals surface area contributed by atoms with Crippen molar-refractivity contribution < 1.29 is 14.4 Å². The first-order chi connectivity index (χ1) is 9.88. The van der Waals surface area contributed by atoms with Crippen LogP contribution in [0.3, 0.4) is 0 Å². The monoisotopic (exact) mass is 289 g/mol. The molecule has 1 aromatic carbocycles. The Bertz CT molecular complexity index is 550. The third-order valence-electron chi connectivity index (χ3n) is 3.60. The number of amides is 3. The Balaban J connectivity index is 2.05. The number of hydrogen-bond donors (Lipinski definition) is 1. The number of carbonyl (C=O) groups excluding carboxylic acids is 3. The molecule has 2 N–H and O–H groups in total. The van der Waals surface area contributed by atoms with Crippen LogP contribution in [0.2, 0.25) is 0 Å². The van der Waals surface area contributed by atoms with Crippen LogP contribution in [0.15, 0.2) is 24.3 Å². The summed E-state index contributed by atoms with van der Waals surface area (Å²) in [4.78, 5) is 38.4. The average Bonchev–Trinajstić information content (AvgIpc) is 2.42. The van der Waals surface area contributed by atoms with Crippen molar-refractivity contribution in [1.82, 2.24) is 4.90 Å². The maximum Gasteiger partial charge on any atom is 0.246 e. The van der Waals surface area contributed by atoms with Gasteiger partial charge in [0.05, 0.1) is 0 Å². The molecule has 1 saturated heterocycles. The van der Waals surface area contributed by atoms with Gasteiger partial charge in [-0.15, -0.1) is 0 Å². The smallest absolute Gasteiger partial charge is 0.246 e. The van der Waals surface area contributed by atoms with Gasteiger partial charge in [-0.2, -0.15) is 0 Å². The van der Waals surface area contributed by atoms with Crippen molar-refractivity contribution in [2.75, 3.05) is 24.2 Å². The number of piperidine rings is 1. The molecule has 0 aliphatic carbocycles. The number of rotatable bonds is 3. The van der Waals surface area contributed by atoms with E-state index in [0.29, 0.717) is 24.2 Å². The molecule has 112 valence electrons. The molecule has 1 aliphatic heterocycles. The number of carbonyl (C=O) groups is 3. The van der Waals surface area contributed by atoms with Crippen LogP contribution in [0.25, 0.3) is 0 Å². The van der Waals surface area contributed by atoms with Crippen LogP contribution in [0, 0.1) is 5.92 Å². The average molecular weight is 289 g/mol. The van der Waals surface area contributed by atoms with Crippen LogP contribution in [0.5, 0.6) is 0 Å².